The normalized spacial score (nSPS) is 10.2. The van der Waals surface area contributed by atoms with Crippen molar-refractivity contribution >= 4 is 0 Å². The van der Waals surface area contributed by atoms with E-state index in [1.54, 1.807) is 67.5 Å². The maximum Gasteiger partial charge on any atom is 0.212 e. The lowest BCUT2D eigenvalue weighted by Crippen LogP contribution is -1.95. The maximum atomic E-state index is 6.03. The second-order valence-corrected chi connectivity index (χ2v) is 5.46. The summed E-state index contributed by atoms with van der Waals surface area (Å²) in [5.74, 6) is 3.16. The van der Waals surface area contributed by atoms with E-state index in [0.29, 0.717) is 34.5 Å². The Morgan fingerprint density at radius 3 is 1.33 bits per heavy atom. The van der Waals surface area contributed by atoms with Gasteiger partial charge in [0, 0.05) is 18.6 Å². The molecule has 0 radical (unpaired) electrons. The highest BCUT2D eigenvalue weighted by Crippen LogP contribution is 2.43. The van der Waals surface area contributed by atoms with Gasteiger partial charge in [-0.15, -0.1) is 0 Å². The summed E-state index contributed by atoms with van der Waals surface area (Å²) in [6, 6.07) is 16.3. The quantitative estimate of drug-likeness (QED) is 0.470. The van der Waals surface area contributed by atoms with Crippen molar-refractivity contribution in [3.63, 3.8) is 0 Å². The van der Waals surface area contributed by atoms with E-state index in [0.717, 1.165) is 0 Å². The fraction of sp³-hybridized carbons (Fsp3) is 0. The van der Waals surface area contributed by atoms with Crippen LogP contribution < -0.4 is 14.2 Å². The number of benzene rings is 1. The Morgan fingerprint density at radius 2 is 0.926 bits per heavy atom. The number of nitrogens with zero attached hydrogens (tertiary/aromatic N) is 3. The van der Waals surface area contributed by atoms with Crippen LogP contribution in [0, 0.1) is 0 Å². The molecule has 0 unspecified atom stereocenters. The van der Waals surface area contributed by atoms with Gasteiger partial charge < -0.3 is 14.2 Å². The molecule has 3 aromatic heterocycles. The molecule has 4 aromatic rings. The van der Waals surface area contributed by atoms with Crippen LogP contribution in [0.5, 0.6) is 34.5 Å². The second kappa shape index (κ2) is 7.97. The Labute approximate surface area is 156 Å². The third-order valence-corrected chi connectivity index (χ3v) is 3.52. The van der Waals surface area contributed by atoms with Gasteiger partial charge in [-0.3, -0.25) is 15.0 Å². The molecule has 0 aliphatic carbocycles. The van der Waals surface area contributed by atoms with Gasteiger partial charge in [-0.2, -0.15) is 0 Å². The molecule has 6 heteroatoms. The standard InChI is InChI=1S/C21H15N3O3/c1-8-19(25-16-5-2-10-22-13-16)21(27-18-7-4-12-24-15-18)20(9-1)26-17-6-3-11-23-14-17/h1-15H. The topological polar surface area (TPSA) is 66.4 Å². The zero-order valence-corrected chi connectivity index (χ0v) is 14.2. The molecule has 3 heterocycles. The first-order valence-electron chi connectivity index (χ1n) is 8.25. The minimum absolute atomic E-state index is 0.429. The average molecular weight is 357 g/mol. The number of rotatable bonds is 6. The number of aromatic nitrogens is 3. The van der Waals surface area contributed by atoms with Gasteiger partial charge >= 0.3 is 0 Å². The van der Waals surface area contributed by atoms with Crippen molar-refractivity contribution in [2.75, 3.05) is 0 Å². The Balaban J connectivity index is 1.72. The van der Waals surface area contributed by atoms with E-state index in [1.165, 1.54) is 0 Å². The lowest BCUT2D eigenvalue weighted by molar-refractivity contribution is 0.384. The summed E-state index contributed by atoms with van der Waals surface area (Å²) >= 11 is 0. The molecule has 0 N–H and O–H groups in total. The second-order valence-electron chi connectivity index (χ2n) is 5.46. The molecule has 0 saturated heterocycles. The largest absolute Gasteiger partial charge is 0.452 e. The zero-order valence-electron chi connectivity index (χ0n) is 14.2. The summed E-state index contributed by atoms with van der Waals surface area (Å²) in [6.07, 6.45) is 9.92. The van der Waals surface area contributed by atoms with Crippen molar-refractivity contribution in [3.8, 4) is 34.5 Å². The van der Waals surface area contributed by atoms with Crippen LogP contribution in [-0.2, 0) is 0 Å². The van der Waals surface area contributed by atoms with Crippen molar-refractivity contribution < 1.29 is 14.2 Å². The van der Waals surface area contributed by atoms with E-state index < -0.39 is 0 Å². The van der Waals surface area contributed by atoms with Gasteiger partial charge in [0.25, 0.3) is 0 Å². The smallest absolute Gasteiger partial charge is 0.212 e. The first-order valence-corrected chi connectivity index (χ1v) is 8.25. The lowest BCUT2D eigenvalue weighted by atomic mass is 10.3. The van der Waals surface area contributed by atoms with Crippen LogP contribution in [0.1, 0.15) is 0 Å². The van der Waals surface area contributed by atoms with Crippen LogP contribution >= 0.6 is 0 Å². The van der Waals surface area contributed by atoms with Crippen molar-refractivity contribution in [1.29, 1.82) is 0 Å². The van der Waals surface area contributed by atoms with Crippen molar-refractivity contribution in [1.82, 2.24) is 15.0 Å². The van der Waals surface area contributed by atoms with E-state index in [4.69, 9.17) is 14.2 Å². The van der Waals surface area contributed by atoms with Gasteiger partial charge in [0.2, 0.25) is 5.75 Å². The van der Waals surface area contributed by atoms with Gasteiger partial charge in [0.05, 0.1) is 18.6 Å². The van der Waals surface area contributed by atoms with Gasteiger partial charge in [-0.1, -0.05) is 6.07 Å². The maximum absolute atomic E-state index is 6.03. The molecule has 27 heavy (non-hydrogen) atoms. The third-order valence-electron chi connectivity index (χ3n) is 3.52. The van der Waals surface area contributed by atoms with E-state index >= 15 is 0 Å². The predicted octanol–water partition coefficient (Wildman–Crippen LogP) is 5.25. The summed E-state index contributed by atoms with van der Waals surface area (Å²) in [7, 11) is 0. The summed E-state index contributed by atoms with van der Waals surface area (Å²) in [4.78, 5) is 12.2. The predicted molar refractivity (Wildman–Crippen MR) is 99.4 cm³/mol. The molecule has 0 saturated carbocycles. The van der Waals surface area contributed by atoms with Gasteiger partial charge in [-0.25, -0.2) is 0 Å². The number of hydrogen-bond acceptors (Lipinski definition) is 6. The minimum Gasteiger partial charge on any atom is -0.452 e. The average Bonchev–Trinajstić information content (AvgIpc) is 2.73. The molecule has 0 bridgehead atoms. The zero-order chi connectivity index (χ0) is 18.3. The molecule has 4 rings (SSSR count). The number of hydrogen-bond donors (Lipinski definition) is 0. The third kappa shape index (κ3) is 4.19. The summed E-state index contributed by atoms with van der Waals surface area (Å²) in [5, 5.41) is 0. The Hall–Kier alpha value is -3.93. The molecular weight excluding hydrogens is 342 g/mol. The number of pyridine rings is 3. The Kier molecular flexibility index (Phi) is 4.88. The van der Waals surface area contributed by atoms with Crippen molar-refractivity contribution in [2.24, 2.45) is 0 Å². The highest BCUT2D eigenvalue weighted by atomic mass is 16.5. The van der Waals surface area contributed by atoms with Crippen LogP contribution in [0.2, 0.25) is 0 Å². The van der Waals surface area contributed by atoms with E-state index in [2.05, 4.69) is 15.0 Å². The van der Waals surface area contributed by atoms with Gasteiger partial charge in [0.1, 0.15) is 17.2 Å². The molecule has 0 aliphatic heterocycles. The summed E-state index contributed by atoms with van der Waals surface area (Å²) < 4.78 is 17.9. The van der Waals surface area contributed by atoms with Crippen LogP contribution in [0.4, 0.5) is 0 Å². The highest BCUT2D eigenvalue weighted by Gasteiger charge is 2.16. The van der Waals surface area contributed by atoms with E-state index in [1.807, 2.05) is 24.3 Å². The Morgan fingerprint density at radius 1 is 0.481 bits per heavy atom. The molecule has 132 valence electrons. The van der Waals surface area contributed by atoms with Crippen LogP contribution in [-0.4, -0.2) is 15.0 Å². The van der Waals surface area contributed by atoms with Crippen LogP contribution in [0.3, 0.4) is 0 Å². The Bertz CT molecular complexity index is 937. The molecule has 0 spiro atoms. The fourth-order valence-corrected chi connectivity index (χ4v) is 2.35. The van der Waals surface area contributed by atoms with Crippen molar-refractivity contribution in [2.45, 2.75) is 0 Å². The number of para-hydroxylation sites is 1. The lowest BCUT2D eigenvalue weighted by Gasteiger charge is -2.16. The van der Waals surface area contributed by atoms with Crippen LogP contribution in [0.15, 0.2) is 91.8 Å². The minimum atomic E-state index is 0.429. The van der Waals surface area contributed by atoms with E-state index in [-0.39, 0.29) is 0 Å². The molecule has 0 atom stereocenters. The van der Waals surface area contributed by atoms with Gasteiger partial charge in [-0.05, 0) is 48.5 Å². The monoisotopic (exact) mass is 357 g/mol. The van der Waals surface area contributed by atoms with Gasteiger partial charge in [0.15, 0.2) is 11.5 Å². The molecule has 0 fully saturated rings. The molecule has 6 nitrogen and oxygen atoms in total. The van der Waals surface area contributed by atoms with E-state index in [9.17, 15) is 0 Å². The summed E-state index contributed by atoms with van der Waals surface area (Å²) in [5.41, 5.74) is 0. The molecular formula is C21H15N3O3. The SMILES string of the molecule is c1cncc(Oc2cccc(Oc3cccnc3)c2Oc2cccnc2)c1. The van der Waals surface area contributed by atoms with Crippen LogP contribution in [0.25, 0.3) is 0 Å². The highest BCUT2D eigenvalue weighted by molar-refractivity contribution is 5.55. The first-order chi connectivity index (χ1) is 13.4. The molecule has 0 amide bonds. The molecule has 0 aliphatic rings. The van der Waals surface area contributed by atoms with Crippen molar-refractivity contribution in [3.05, 3.63) is 91.8 Å². The number of ether oxygens (including phenoxy) is 3. The summed E-state index contributed by atoms with van der Waals surface area (Å²) in [6.45, 7) is 0. The molecule has 1 aromatic carbocycles. The first kappa shape index (κ1) is 16.5. The fourth-order valence-electron chi connectivity index (χ4n) is 2.35.